The quantitative estimate of drug-likeness (QED) is 0.554. The predicted octanol–water partition coefficient (Wildman–Crippen LogP) is 2.94. The number of pyridine rings is 1. The SMILES string of the molecule is C=C/C(=N\Nc1ccc(=O)n(CCC)c1)c1ccc(CS(C)(=O)=O)cc1F. The summed E-state index contributed by atoms with van der Waals surface area (Å²) in [6, 6.07) is 7.21. The van der Waals surface area contributed by atoms with Crippen molar-refractivity contribution in [2.75, 3.05) is 11.7 Å². The van der Waals surface area contributed by atoms with Gasteiger partial charge in [0.1, 0.15) is 5.82 Å². The number of rotatable bonds is 8. The van der Waals surface area contributed by atoms with Gasteiger partial charge in [0.2, 0.25) is 0 Å². The first-order chi connectivity index (χ1) is 12.7. The van der Waals surface area contributed by atoms with Crippen LogP contribution < -0.4 is 11.0 Å². The molecule has 2 rings (SSSR count). The number of aromatic nitrogens is 1. The number of halogens is 1. The number of benzene rings is 1. The van der Waals surface area contributed by atoms with Crippen LogP contribution in [-0.4, -0.2) is 25.0 Å². The van der Waals surface area contributed by atoms with Gasteiger partial charge in [0.05, 0.1) is 17.2 Å². The molecule has 0 aliphatic rings. The van der Waals surface area contributed by atoms with Crippen molar-refractivity contribution in [3.8, 4) is 0 Å². The lowest BCUT2D eigenvalue weighted by molar-refractivity contribution is 0.600. The normalized spacial score (nSPS) is 12.0. The Bertz CT molecular complexity index is 1030. The number of sulfone groups is 1. The molecule has 0 saturated carbocycles. The number of hydrogen-bond acceptors (Lipinski definition) is 5. The molecule has 1 heterocycles. The van der Waals surface area contributed by atoms with E-state index in [1.165, 1.54) is 24.3 Å². The summed E-state index contributed by atoms with van der Waals surface area (Å²) in [6.07, 6.45) is 4.94. The topological polar surface area (TPSA) is 80.5 Å². The molecule has 2 aromatic rings. The average molecular weight is 391 g/mol. The fourth-order valence-corrected chi connectivity index (χ4v) is 3.30. The fourth-order valence-electron chi connectivity index (χ4n) is 2.51. The molecule has 1 aromatic carbocycles. The van der Waals surface area contributed by atoms with Crippen molar-refractivity contribution in [3.63, 3.8) is 0 Å². The molecule has 0 unspecified atom stereocenters. The molecule has 0 aliphatic carbocycles. The maximum absolute atomic E-state index is 14.4. The van der Waals surface area contributed by atoms with E-state index >= 15 is 0 Å². The number of nitrogens with zero attached hydrogens (tertiary/aromatic N) is 2. The monoisotopic (exact) mass is 391 g/mol. The Balaban J connectivity index is 2.27. The van der Waals surface area contributed by atoms with E-state index in [4.69, 9.17) is 0 Å². The maximum atomic E-state index is 14.4. The van der Waals surface area contributed by atoms with E-state index < -0.39 is 15.7 Å². The van der Waals surface area contributed by atoms with E-state index in [1.54, 1.807) is 22.9 Å². The molecule has 0 saturated heterocycles. The minimum Gasteiger partial charge on any atom is -0.313 e. The van der Waals surface area contributed by atoms with Crippen LogP contribution in [0, 0.1) is 5.82 Å². The summed E-state index contributed by atoms with van der Waals surface area (Å²) in [5, 5.41) is 4.15. The summed E-state index contributed by atoms with van der Waals surface area (Å²) in [7, 11) is -3.25. The number of anilines is 1. The molecule has 27 heavy (non-hydrogen) atoms. The van der Waals surface area contributed by atoms with E-state index in [1.807, 2.05) is 6.92 Å². The average Bonchev–Trinajstić information content (AvgIpc) is 2.58. The molecular weight excluding hydrogens is 369 g/mol. The molecule has 0 bridgehead atoms. The zero-order valence-electron chi connectivity index (χ0n) is 15.3. The van der Waals surface area contributed by atoms with Gasteiger partial charge in [-0.1, -0.05) is 19.6 Å². The zero-order chi connectivity index (χ0) is 20.0. The van der Waals surface area contributed by atoms with Crippen molar-refractivity contribution in [1.82, 2.24) is 4.57 Å². The van der Waals surface area contributed by atoms with Crippen LogP contribution in [0.3, 0.4) is 0 Å². The summed E-state index contributed by atoms with van der Waals surface area (Å²) in [6.45, 7) is 6.20. The van der Waals surface area contributed by atoms with E-state index in [-0.39, 0.29) is 22.6 Å². The van der Waals surface area contributed by atoms with Crippen molar-refractivity contribution in [2.45, 2.75) is 25.6 Å². The number of nitrogens with one attached hydrogen (secondary N) is 1. The highest BCUT2D eigenvalue weighted by Crippen LogP contribution is 2.15. The molecule has 0 fully saturated rings. The van der Waals surface area contributed by atoms with Crippen LogP contribution in [0.2, 0.25) is 0 Å². The Hall–Kier alpha value is -2.74. The molecule has 0 radical (unpaired) electrons. The van der Waals surface area contributed by atoms with Crippen molar-refractivity contribution < 1.29 is 12.8 Å². The van der Waals surface area contributed by atoms with Gasteiger partial charge in [-0.15, -0.1) is 0 Å². The van der Waals surface area contributed by atoms with Gasteiger partial charge >= 0.3 is 0 Å². The molecule has 1 aromatic heterocycles. The van der Waals surface area contributed by atoms with Crippen LogP contribution in [0.15, 0.2) is 59.1 Å². The van der Waals surface area contributed by atoms with E-state index in [0.717, 1.165) is 12.7 Å². The van der Waals surface area contributed by atoms with Crippen molar-refractivity contribution in [1.29, 1.82) is 0 Å². The van der Waals surface area contributed by atoms with Crippen molar-refractivity contribution in [3.05, 3.63) is 76.5 Å². The van der Waals surface area contributed by atoms with Gasteiger partial charge in [-0.05, 0) is 36.3 Å². The van der Waals surface area contributed by atoms with Gasteiger partial charge < -0.3 is 4.57 Å². The van der Waals surface area contributed by atoms with Gasteiger partial charge in [0.15, 0.2) is 9.84 Å². The predicted molar refractivity (Wildman–Crippen MR) is 106 cm³/mol. The molecule has 8 heteroatoms. The second-order valence-electron chi connectivity index (χ2n) is 6.15. The highest BCUT2D eigenvalue weighted by Gasteiger charge is 2.11. The van der Waals surface area contributed by atoms with Gasteiger partial charge in [0, 0.05) is 30.6 Å². The van der Waals surface area contributed by atoms with Gasteiger partial charge in [-0.2, -0.15) is 5.10 Å². The Morgan fingerprint density at radius 3 is 2.67 bits per heavy atom. The lowest BCUT2D eigenvalue weighted by Crippen LogP contribution is -2.18. The highest BCUT2D eigenvalue weighted by molar-refractivity contribution is 7.89. The molecule has 6 nitrogen and oxygen atoms in total. The first-order valence-corrected chi connectivity index (χ1v) is 10.4. The third-order valence-corrected chi connectivity index (χ3v) is 4.54. The zero-order valence-corrected chi connectivity index (χ0v) is 16.1. The maximum Gasteiger partial charge on any atom is 0.250 e. The summed E-state index contributed by atoms with van der Waals surface area (Å²) < 4.78 is 38.7. The third kappa shape index (κ3) is 5.89. The first-order valence-electron chi connectivity index (χ1n) is 8.36. The van der Waals surface area contributed by atoms with Crippen LogP contribution in [0.25, 0.3) is 0 Å². The van der Waals surface area contributed by atoms with E-state index in [9.17, 15) is 17.6 Å². The highest BCUT2D eigenvalue weighted by atomic mass is 32.2. The second-order valence-corrected chi connectivity index (χ2v) is 8.29. The van der Waals surface area contributed by atoms with E-state index in [2.05, 4.69) is 17.1 Å². The van der Waals surface area contributed by atoms with Gasteiger partial charge in [-0.25, -0.2) is 12.8 Å². The third-order valence-electron chi connectivity index (χ3n) is 3.69. The van der Waals surface area contributed by atoms with Gasteiger partial charge in [0.25, 0.3) is 5.56 Å². The van der Waals surface area contributed by atoms with Crippen LogP contribution in [0.5, 0.6) is 0 Å². The fraction of sp³-hybridized carbons (Fsp3) is 0.263. The lowest BCUT2D eigenvalue weighted by Gasteiger charge is -2.09. The minimum absolute atomic E-state index is 0.108. The largest absolute Gasteiger partial charge is 0.313 e. The molecular formula is C19H22FN3O3S. The molecule has 144 valence electrons. The summed E-state index contributed by atoms with van der Waals surface area (Å²) in [5.41, 5.74) is 4.08. The number of aryl methyl sites for hydroxylation is 1. The standard InChI is InChI=1S/C19H22FN3O3S/c1-4-10-23-12-15(7-9-19(23)24)21-22-18(5-2)16-8-6-14(11-17(16)20)13-27(3,25)26/h5-9,11-12,21H,2,4,10,13H2,1,3H3/b22-18+. The molecule has 1 N–H and O–H groups in total. The molecule has 0 aliphatic heterocycles. The number of allylic oxidation sites excluding steroid dienone is 1. The van der Waals surface area contributed by atoms with Crippen LogP contribution in [-0.2, 0) is 22.1 Å². The Labute approximate surface area is 158 Å². The molecule has 0 atom stereocenters. The minimum atomic E-state index is -3.25. The van der Waals surface area contributed by atoms with Crippen LogP contribution in [0.4, 0.5) is 10.1 Å². The van der Waals surface area contributed by atoms with Gasteiger partial charge in [-0.3, -0.25) is 10.2 Å². The van der Waals surface area contributed by atoms with Crippen LogP contribution >= 0.6 is 0 Å². The summed E-state index contributed by atoms with van der Waals surface area (Å²) in [4.78, 5) is 11.7. The lowest BCUT2D eigenvalue weighted by atomic mass is 10.1. The smallest absolute Gasteiger partial charge is 0.250 e. The Morgan fingerprint density at radius 2 is 2.07 bits per heavy atom. The van der Waals surface area contributed by atoms with Crippen LogP contribution in [0.1, 0.15) is 24.5 Å². The molecule has 0 spiro atoms. The van der Waals surface area contributed by atoms with Crippen molar-refractivity contribution in [2.24, 2.45) is 5.10 Å². The summed E-state index contributed by atoms with van der Waals surface area (Å²) >= 11 is 0. The second kappa shape index (κ2) is 8.77. The number of hydrazone groups is 1. The molecule has 0 amide bonds. The first kappa shape index (κ1) is 20.6. The Kier molecular flexibility index (Phi) is 6.68. The van der Waals surface area contributed by atoms with E-state index in [0.29, 0.717) is 17.8 Å². The Morgan fingerprint density at radius 1 is 1.33 bits per heavy atom. The number of hydrogen-bond donors (Lipinski definition) is 1. The summed E-state index contributed by atoms with van der Waals surface area (Å²) in [5.74, 6) is -0.824. The van der Waals surface area contributed by atoms with Crippen molar-refractivity contribution >= 4 is 21.2 Å².